The molecule has 9 amide bonds. The normalized spacial score (nSPS) is 14.7. The fourth-order valence-corrected chi connectivity index (χ4v) is 4.93. The molecule has 0 aliphatic rings. The Hall–Kier alpha value is -5.83. The molecule has 0 radical (unpaired) electrons. The summed E-state index contributed by atoms with van der Waals surface area (Å²) in [5.41, 5.74) is 5.29. The largest absolute Gasteiger partial charge is 0.481 e. The third-order valence-electron chi connectivity index (χ3n) is 7.87. The number of nitrogens with two attached hydrogens (primary N) is 1. The lowest BCUT2D eigenvalue weighted by molar-refractivity contribution is -0.144. The summed E-state index contributed by atoms with van der Waals surface area (Å²) in [6, 6.07) is -9.80. The smallest absolute Gasteiger partial charge is 0.326 e. The number of amides is 9. The molecule has 0 bridgehead atoms. The number of carboxylic acid groups (broad SMARTS) is 2. The lowest BCUT2D eigenvalue weighted by Crippen LogP contribution is -2.61. The van der Waals surface area contributed by atoms with Crippen molar-refractivity contribution >= 4 is 65.1 Å². The zero-order valence-electron chi connectivity index (χ0n) is 33.1. The minimum Gasteiger partial charge on any atom is -0.481 e. The first-order valence-electron chi connectivity index (χ1n) is 17.9. The topological polar surface area (TPSA) is 350 Å². The highest BCUT2D eigenvalue weighted by Crippen LogP contribution is 2.10. The number of aliphatic carboxylic acids is 2. The van der Waals surface area contributed by atoms with Gasteiger partial charge in [-0.3, -0.25) is 47.9 Å². The van der Waals surface area contributed by atoms with Gasteiger partial charge in [0, 0.05) is 6.92 Å². The van der Waals surface area contributed by atoms with Gasteiger partial charge in [0.05, 0.1) is 19.4 Å². The standard InChI is InChI=1S/C34H57N9O13/c1-14(2)10-22(34(55)56)41-31(52)21(12-25(47)48)39-30(51)20(11-23(35)45)40-32(53)26(15(3)4)43-33(54)27(16(5)6)42-29(50)18(8)38-24(46)13-36-28(49)17(7)37-19(9)44/h14-18,20-22,26-27H,10-13H2,1-9H3,(H2,35,45)(H,36,49)(H,37,44)(H,38,46)(H,39,51)(H,40,53)(H,41,52)(H,42,50)(H,43,54)(H,47,48)(H,55,56). The maximum absolute atomic E-state index is 13.5. The summed E-state index contributed by atoms with van der Waals surface area (Å²) >= 11 is 0. The predicted molar refractivity (Wildman–Crippen MR) is 196 cm³/mol. The van der Waals surface area contributed by atoms with Crippen molar-refractivity contribution in [1.29, 1.82) is 0 Å². The van der Waals surface area contributed by atoms with E-state index in [9.17, 15) is 63.0 Å². The molecule has 22 heteroatoms. The highest BCUT2D eigenvalue weighted by molar-refractivity contribution is 5.99. The number of nitrogens with one attached hydrogen (secondary N) is 8. The molecule has 0 saturated heterocycles. The second-order valence-corrected chi connectivity index (χ2v) is 14.3. The molecule has 0 fully saturated rings. The average molecular weight is 800 g/mol. The van der Waals surface area contributed by atoms with E-state index in [4.69, 9.17) is 5.73 Å². The summed E-state index contributed by atoms with van der Waals surface area (Å²) < 4.78 is 0. The SMILES string of the molecule is CC(=O)NC(C)C(=O)NCC(=O)NC(C)C(=O)NC(C(=O)NC(C(=O)NC(CC(N)=O)C(=O)NC(CC(=O)O)C(=O)NC(CC(C)C)C(=O)O)C(C)C)C(C)C. The average Bonchev–Trinajstić information content (AvgIpc) is 3.05. The molecule has 0 heterocycles. The molecule has 7 unspecified atom stereocenters. The first kappa shape index (κ1) is 50.2. The molecule has 12 N–H and O–H groups in total. The zero-order chi connectivity index (χ0) is 43.6. The van der Waals surface area contributed by atoms with E-state index < -0.39 is 139 Å². The van der Waals surface area contributed by atoms with Crippen molar-refractivity contribution in [2.24, 2.45) is 23.5 Å². The van der Waals surface area contributed by atoms with Crippen molar-refractivity contribution in [1.82, 2.24) is 42.5 Å². The molecular formula is C34H57N9O13. The second kappa shape index (κ2) is 23.8. The van der Waals surface area contributed by atoms with Crippen molar-refractivity contribution in [3.63, 3.8) is 0 Å². The maximum Gasteiger partial charge on any atom is 0.326 e. The third kappa shape index (κ3) is 19.0. The number of carbonyl (C=O) groups excluding carboxylic acids is 9. The van der Waals surface area contributed by atoms with E-state index in [1.807, 2.05) is 0 Å². The molecule has 0 saturated carbocycles. The molecule has 0 aromatic carbocycles. The molecule has 0 aromatic heterocycles. The van der Waals surface area contributed by atoms with Crippen LogP contribution in [0.5, 0.6) is 0 Å². The number of carbonyl (C=O) groups is 11. The van der Waals surface area contributed by atoms with Gasteiger partial charge in [-0.1, -0.05) is 41.5 Å². The number of carboxylic acids is 2. The Kier molecular flexibility index (Phi) is 21.4. The van der Waals surface area contributed by atoms with Gasteiger partial charge in [0.1, 0.15) is 42.3 Å². The summed E-state index contributed by atoms with van der Waals surface area (Å²) in [4.78, 5) is 137. The lowest BCUT2D eigenvalue weighted by Gasteiger charge is -2.29. The fraction of sp³-hybridized carbons (Fsp3) is 0.676. The van der Waals surface area contributed by atoms with Gasteiger partial charge in [0.25, 0.3) is 0 Å². The van der Waals surface area contributed by atoms with Crippen LogP contribution in [-0.2, 0) is 52.7 Å². The van der Waals surface area contributed by atoms with Crippen LogP contribution in [0.15, 0.2) is 0 Å². The Balaban J connectivity index is 5.89. The molecule has 7 atom stereocenters. The summed E-state index contributed by atoms with van der Waals surface area (Å²) in [7, 11) is 0. The van der Waals surface area contributed by atoms with E-state index in [2.05, 4.69) is 42.5 Å². The number of primary amides is 1. The Bertz CT molecular complexity index is 1480. The van der Waals surface area contributed by atoms with Crippen LogP contribution in [-0.4, -0.2) is 124 Å². The summed E-state index contributed by atoms with van der Waals surface area (Å²) in [6.45, 7) is 13.0. The molecule has 316 valence electrons. The van der Waals surface area contributed by atoms with Gasteiger partial charge >= 0.3 is 11.9 Å². The van der Waals surface area contributed by atoms with Crippen LogP contribution in [0.4, 0.5) is 0 Å². The van der Waals surface area contributed by atoms with Crippen LogP contribution in [0, 0.1) is 17.8 Å². The monoisotopic (exact) mass is 799 g/mol. The Morgan fingerprint density at radius 2 is 0.946 bits per heavy atom. The minimum atomic E-state index is -1.83. The molecular weight excluding hydrogens is 742 g/mol. The number of rotatable bonds is 24. The van der Waals surface area contributed by atoms with Crippen LogP contribution < -0.4 is 48.3 Å². The summed E-state index contributed by atoms with van der Waals surface area (Å²) in [5, 5.41) is 37.4. The summed E-state index contributed by atoms with van der Waals surface area (Å²) in [6.07, 6.45) is -1.83. The number of hydrogen-bond acceptors (Lipinski definition) is 11. The van der Waals surface area contributed by atoms with Crippen molar-refractivity contribution in [3.05, 3.63) is 0 Å². The van der Waals surface area contributed by atoms with Gasteiger partial charge < -0.3 is 58.5 Å². The molecule has 0 aliphatic carbocycles. The molecule has 0 rings (SSSR count). The van der Waals surface area contributed by atoms with E-state index >= 15 is 0 Å². The van der Waals surface area contributed by atoms with Crippen molar-refractivity contribution in [2.75, 3.05) is 6.54 Å². The van der Waals surface area contributed by atoms with E-state index in [0.29, 0.717) is 0 Å². The molecule has 0 aromatic rings. The highest BCUT2D eigenvalue weighted by atomic mass is 16.4. The van der Waals surface area contributed by atoms with Crippen molar-refractivity contribution in [3.8, 4) is 0 Å². The van der Waals surface area contributed by atoms with Gasteiger partial charge in [-0.2, -0.15) is 0 Å². The second-order valence-electron chi connectivity index (χ2n) is 14.3. The number of hydrogen-bond donors (Lipinski definition) is 11. The minimum absolute atomic E-state index is 0.0161. The van der Waals surface area contributed by atoms with Gasteiger partial charge in [0.2, 0.25) is 53.2 Å². The fourth-order valence-electron chi connectivity index (χ4n) is 4.93. The predicted octanol–water partition coefficient (Wildman–Crippen LogP) is -3.65. The van der Waals surface area contributed by atoms with Crippen LogP contribution in [0.25, 0.3) is 0 Å². The lowest BCUT2D eigenvalue weighted by atomic mass is 9.99. The first-order chi connectivity index (χ1) is 25.8. The Morgan fingerprint density at radius 1 is 0.518 bits per heavy atom. The van der Waals surface area contributed by atoms with Gasteiger partial charge in [0.15, 0.2) is 0 Å². The van der Waals surface area contributed by atoms with Crippen molar-refractivity contribution < 1.29 is 63.0 Å². The Morgan fingerprint density at radius 3 is 1.38 bits per heavy atom. The van der Waals surface area contributed by atoms with Crippen molar-refractivity contribution in [2.45, 2.75) is 124 Å². The first-order valence-corrected chi connectivity index (χ1v) is 17.9. The van der Waals surface area contributed by atoms with Gasteiger partial charge in [-0.25, -0.2) is 4.79 Å². The zero-order valence-corrected chi connectivity index (χ0v) is 33.1. The van der Waals surface area contributed by atoms with E-state index in [1.165, 1.54) is 34.6 Å². The molecule has 22 nitrogen and oxygen atoms in total. The molecule has 56 heavy (non-hydrogen) atoms. The highest BCUT2D eigenvalue weighted by Gasteiger charge is 2.36. The van der Waals surface area contributed by atoms with Crippen LogP contribution >= 0.6 is 0 Å². The molecule has 0 spiro atoms. The van der Waals surface area contributed by atoms with E-state index in [-0.39, 0.29) is 12.3 Å². The maximum atomic E-state index is 13.5. The van der Waals surface area contributed by atoms with Gasteiger partial charge in [-0.15, -0.1) is 0 Å². The van der Waals surface area contributed by atoms with Crippen LogP contribution in [0.2, 0.25) is 0 Å². The van der Waals surface area contributed by atoms with Gasteiger partial charge in [-0.05, 0) is 38.0 Å². The van der Waals surface area contributed by atoms with E-state index in [1.54, 1.807) is 27.7 Å². The van der Waals surface area contributed by atoms with E-state index in [0.717, 1.165) is 0 Å². The quantitative estimate of drug-likeness (QED) is 0.0449. The Labute approximate surface area is 324 Å². The summed E-state index contributed by atoms with van der Waals surface area (Å²) in [5.74, 6) is -12.3. The third-order valence-corrected chi connectivity index (χ3v) is 7.87. The molecule has 0 aliphatic heterocycles. The van der Waals surface area contributed by atoms with Crippen LogP contribution in [0.3, 0.4) is 0 Å². The van der Waals surface area contributed by atoms with Crippen LogP contribution in [0.1, 0.15) is 81.6 Å².